The van der Waals surface area contributed by atoms with Crippen LogP contribution in [0.1, 0.15) is 24.4 Å². The van der Waals surface area contributed by atoms with Crippen LogP contribution in [0.25, 0.3) is 0 Å². The molecule has 3 N–H and O–H groups in total. The molecule has 0 aliphatic heterocycles. The van der Waals surface area contributed by atoms with Gasteiger partial charge in [0.1, 0.15) is 5.82 Å². The standard InChI is InChI=1S/C9H15N3O2/c1-6(4-10)9-11-7(5-14-2)3-8(13)12-9/h3,6H,4-5,10H2,1-2H3,(H,11,12,13). The fourth-order valence-corrected chi connectivity index (χ4v) is 1.10. The summed E-state index contributed by atoms with van der Waals surface area (Å²) in [5.74, 6) is 0.673. The van der Waals surface area contributed by atoms with Gasteiger partial charge in [-0.05, 0) is 0 Å². The van der Waals surface area contributed by atoms with Crippen molar-refractivity contribution >= 4 is 0 Å². The van der Waals surface area contributed by atoms with Gasteiger partial charge in [0.05, 0.1) is 12.3 Å². The number of rotatable bonds is 4. The van der Waals surface area contributed by atoms with Crippen LogP contribution < -0.4 is 11.3 Å². The molecule has 0 bridgehead atoms. The number of nitrogens with two attached hydrogens (primary N) is 1. The molecular formula is C9H15N3O2. The van der Waals surface area contributed by atoms with Crippen LogP contribution in [0.4, 0.5) is 0 Å². The minimum Gasteiger partial charge on any atom is -0.378 e. The Bertz CT molecular complexity index is 348. The number of nitrogens with one attached hydrogen (secondary N) is 1. The molecule has 0 saturated carbocycles. The summed E-state index contributed by atoms with van der Waals surface area (Å²) < 4.78 is 4.90. The van der Waals surface area contributed by atoms with Crippen molar-refractivity contribution in [3.05, 3.63) is 27.9 Å². The second kappa shape index (κ2) is 4.88. The maximum atomic E-state index is 11.2. The van der Waals surface area contributed by atoms with Gasteiger partial charge in [-0.3, -0.25) is 4.79 Å². The average molecular weight is 197 g/mol. The summed E-state index contributed by atoms with van der Waals surface area (Å²) in [6.07, 6.45) is 0. The summed E-state index contributed by atoms with van der Waals surface area (Å²) in [5, 5.41) is 0. The summed E-state index contributed by atoms with van der Waals surface area (Å²) >= 11 is 0. The SMILES string of the molecule is COCc1cc(=O)[nH]c(C(C)CN)n1. The highest BCUT2D eigenvalue weighted by atomic mass is 16.5. The summed E-state index contributed by atoms with van der Waals surface area (Å²) in [6.45, 7) is 2.71. The largest absolute Gasteiger partial charge is 0.378 e. The van der Waals surface area contributed by atoms with Crippen LogP contribution in [0.2, 0.25) is 0 Å². The van der Waals surface area contributed by atoms with E-state index >= 15 is 0 Å². The minimum atomic E-state index is -0.164. The number of hydrogen-bond acceptors (Lipinski definition) is 4. The predicted molar refractivity (Wildman–Crippen MR) is 53.0 cm³/mol. The first kappa shape index (κ1) is 10.9. The van der Waals surface area contributed by atoms with E-state index in [1.807, 2.05) is 6.92 Å². The molecule has 0 aliphatic carbocycles. The molecule has 5 nitrogen and oxygen atoms in total. The summed E-state index contributed by atoms with van der Waals surface area (Å²) in [4.78, 5) is 18.1. The van der Waals surface area contributed by atoms with Gasteiger partial charge in [-0.2, -0.15) is 0 Å². The number of aromatic amines is 1. The lowest BCUT2D eigenvalue weighted by atomic mass is 10.1. The first-order chi connectivity index (χ1) is 6.67. The lowest BCUT2D eigenvalue weighted by Gasteiger charge is -2.08. The molecular weight excluding hydrogens is 182 g/mol. The van der Waals surface area contributed by atoms with Gasteiger partial charge in [0.15, 0.2) is 0 Å². The van der Waals surface area contributed by atoms with Crippen LogP contribution in [0.15, 0.2) is 10.9 Å². The van der Waals surface area contributed by atoms with E-state index < -0.39 is 0 Å². The third kappa shape index (κ3) is 2.65. The molecule has 1 aromatic heterocycles. The molecule has 0 radical (unpaired) electrons. The maximum absolute atomic E-state index is 11.2. The van der Waals surface area contributed by atoms with Gasteiger partial charge in [0.25, 0.3) is 5.56 Å². The van der Waals surface area contributed by atoms with Crippen molar-refractivity contribution in [1.29, 1.82) is 0 Å². The van der Waals surface area contributed by atoms with Crippen molar-refractivity contribution in [3.8, 4) is 0 Å². The van der Waals surface area contributed by atoms with Gasteiger partial charge in [-0.15, -0.1) is 0 Å². The fourth-order valence-electron chi connectivity index (χ4n) is 1.10. The molecule has 0 saturated heterocycles. The fraction of sp³-hybridized carbons (Fsp3) is 0.556. The van der Waals surface area contributed by atoms with Crippen LogP contribution in [0.5, 0.6) is 0 Å². The quantitative estimate of drug-likeness (QED) is 0.710. The van der Waals surface area contributed by atoms with Crippen LogP contribution in [-0.2, 0) is 11.3 Å². The summed E-state index contributed by atoms with van der Waals surface area (Å²) in [7, 11) is 1.56. The molecule has 0 fully saturated rings. The second-order valence-electron chi connectivity index (χ2n) is 3.19. The number of hydrogen-bond donors (Lipinski definition) is 2. The molecule has 1 atom stereocenters. The molecule has 1 rings (SSSR count). The highest BCUT2D eigenvalue weighted by Crippen LogP contribution is 2.06. The van der Waals surface area contributed by atoms with E-state index in [1.54, 1.807) is 7.11 Å². The van der Waals surface area contributed by atoms with E-state index in [-0.39, 0.29) is 11.5 Å². The van der Waals surface area contributed by atoms with E-state index in [1.165, 1.54) is 6.07 Å². The Morgan fingerprint density at radius 3 is 3.00 bits per heavy atom. The Hall–Kier alpha value is -1.20. The Kier molecular flexibility index (Phi) is 3.79. The van der Waals surface area contributed by atoms with E-state index in [4.69, 9.17) is 10.5 Å². The van der Waals surface area contributed by atoms with Gasteiger partial charge in [-0.1, -0.05) is 6.92 Å². The number of nitrogens with zero attached hydrogens (tertiary/aromatic N) is 1. The van der Waals surface area contributed by atoms with Crippen LogP contribution >= 0.6 is 0 Å². The lowest BCUT2D eigenvalue weighted by Crippen LogP contribution is -2.19. The van der Waals surface area contributed by atoms with Crippen LogP contribution in [-0.4, -0.2) is 23.6 Å². The number of aromatic nitrogens is 2. The zero-order chi connectivity index (χ0) is 10.6. The molecule has 1 unspecified atom stereocenters. The number of methoxy groups -OCH3 is 1. The Balaban J connectivity index is 3.00. The highest BCUT2D eigenvalue weighted by molar-refractivity contribution is 5.04. The first-order valence-electron chi connectivity index (χ1n) is 4.46. The Morgan fingerprint density at radius 2 is 2.43 bits per heavy atom. The normalized spacial score (nSPS) is 12.8. The van der Waals surface area contributed by atoms with Gasteiger partial charge in [-0.25, -0.2) is 4.98 Å². The summed E-state index contributed by atoms with van der Waals surface area (Å²) in [6, 6.07) is 1.43. The van der Waals surface area contributed by atoms with Crippen molar-refractivity contribution in [2.45, 2.75) is 19.4 Å². The van der Waals surface area contributed by atoms with Crippen LogP contribution in [0, 0.1) is 0 Å². The monoisotopic (exact) mass is 197 g/mol. The third-order valence-electron chi connectivity index (χ3n) is 1.93. The van der Waals surface area contributed by atoms with Gasteiger partial charge >= 0.3 is 0 Å². The zero-order valence-corrected chi connectivity index (χ0v) is 8.41. The molecule has 14 heavy (non-hydrogen) atoms. The first-order valence-corrected chi connectivity index (χ1v) is 4.46. The number of ether oxygens (including phenoxy) is 1. The highest BCUT2D eigenvalue weighted by Gasteiger charge is 2.07. The van der Waals surface area contributed by atoms with Crippen molar-refractivity contribution in [2.24, 2.45) is 5.73 Å². The maximum Gasteiger partial charge on any atom is 0.251 e. The average Bonchev–Trinajstić information content (AvgIpc) is 2.16. The number of H-pyrrole nitrogens is 1. The molecule has 0 aliphatic rings. The lowest BCUT2D eigenvalue weighted by molar-refractivity contribution is 0.181. The molecule has 0 aromatic carbocycles. The molecule has 78 valence electrons. The van der Waals surface area contributed by atoms with E-state index in [2.05, 4.69) is 9.97 Å². The molecule has 0 amide bonds. The van der Waals surface area contributed by atoms with Crippen molar-refractivity contribution in [2.75, 3.05) is 13.7 Å². The third-order valence-corrected chi connectivity index (χ3v) is 1.93. The smallest absolute Gasteiger partial charge is 0.251 e. The predicted octanol–water partition coefficient (Wildman–Crippen LogP) is -0.0215. The Morgan fingerprint density at radius 1 is 1.71 bits per heavy atom. The van der Waals surface area contributed by atoms with Crippen molar-refractivity contribution in [3.63, 3.8) is 0 Å². The minimum absolute atomic E-state index is 0.0551. The second-order valence-corrected chi connectivity index (χ2v) is 3.19. The Labute approximate surface area is 82.3 Å². The van der Waals surface area contributed by atoms with Gasteiger partial charge in [0.2, 0.25) is 0 Å². The zero-order valence-electron chi connectivity index (χ0n) is 8.41. The topological polar surface area (TPSA) is 81.0 Å². The molecule has 5 heteroatoms. The molecule has 0 spiro atoms. The van der Waals surface area contributed by atoms with E-state index in [9.17, 15) is 4.79 Å². The molecule has 1 aromatic rings. The molecule has 1 heterocycles. The van der Waals surface area contributed by atoms with Gasteiger partial charge < -0.3 is 15.5 Å². The van der Waals surface area contributed by atoms with Gasteiger partial charge in [0, 0.05) is 25.6 Å². The van der Waals surface area contributed by atoms with E-state index in [0.717, 1.165) is 0 Å². The van der Waals surface area contributed by atoms with Crippen molar-refractivity contribution < 1.29 is 4.74 Å². The summed E-state index contributed by atoms with van der Waals surface area (Å²) in [5.41, 5.74) is 5.95. The van der Waals surface area contributed by atoms with Crippen molar-refractivity contribution in [1.82, 2.24) is 9.97 Å². The van der Waals surface area contributed by atoms with E-state index in [0.29, 0.717) is 24.7 Å². The van der Waals surface area contributed by atoms with Crippen LogP contribution in [0.3, 0.4) is 0 Å².